The number of rotatable bonds is 8. The molecule has 1 N–H and O–H groups in total. The fourth-order valence-electron chi connectivity index (χ4n) is 4.01. The fourth-order valence-corrected chi connectivity index (χ4v) is 4.01. The highest BCUT2D eigenvalue weighted by Gasteiger charge is 2.22. The van der Waals surface area contributed by atoms with Crippen molar-refractivity contribution in [3.8, 4) is 5.75 Å². The van der Waals surface area contributed by atoms with Crippen molar-refractivity contribution in [3.05, 3.63) is 30.3 Å². The molecule has 1 aromatic rings. The molecule has 0 spiro atoms. The van der Waals surface area contributed by atoms with Gasteiger partial charge in [0.25, 0.3) is 0 Å². The topological polar surface area (TPSA) is 43.3 Å². The first-order valence-electron chi connectivity index (χ1n) is 11.4. The maximum absolute atomic E-state index is 6.13. The molecule has 0 radical (unpaired) electrons. The average molecular weight is 402 g/mol. The lowest BCUT2D eigenvalue weighted by molar-refractivity contribution is 0.129. The molecule has 2 heterocycles. The number of hydrogen-bond donors (Lipinski definition) is 1. The zero-order chi connectivity index (χ0) is 20.3. The van der Waals surface area contributed by atoms with Crippen LogP contribution in [0.25, 0.3) is 0 Å². The third kappa shape index (κ3) is 7.52. The van der Waals surface area contributed by atoms with Crippen molar-refractivity contribution in [2.75, 3.05) is 66.0 Å². The molecule has 1 aromatic carbocycles. The maximum atomic E-state index is 6.13. The van der Waals surface area contributed by atoms with Crippen molar-refractivity contribution in [1.29, 1.82) is 0 Å². The highest BCUT2D eigenvalue weighted by atomic mass is 16.5. The van der Waals surface area contributed by atoms with E-state index in [-0.39, 0.29) is 0 Å². The molecule has 0 bridgehead atoms. The number of nitrogens with zero attached hydrogens (tertiary/aromatic N) is 4. The summed E-state index contributed by atoms with van der Waals surface area (Å²) in [6.07, 6.45) is 4.79. The number of nitrogens with one attached hydrogen (secondary N) is 1. The molecule has 0 unspecified atom stereocenters. The van der Waals surface area contributed by atoms with Crippen molar-refractivity contribution < 1.29 is 4.74 Å². The van der Waals surface area contributed by atoms with Crippen molar-refractivity contribution in [3.63, 3.8) is 0 Å². The summed E-state index contributed by atoms with van der Waals surface area (Å²) in [7, 11) is 2.21. The number of guanidine groups is 1. The molecule has 3 rings (SSSR count). The first kappa shape index (κ1) is 21.9. The Morgan fingerprint density at radius 1 is 1.03 bits per heavy atom. The monoisotopic (exact) mass is 401 g/mol. The number of piperidine rings is 1. The number of piperazine rings is 1. The normalized spacial score (nSPS) is 20.1. The van der Waals surface area contributed by atoms with Gasteiger partial charge in [-0.05, 0) is 45.5 Å². The summed E-state index contributed by atoms with van der Waals surface area (Å²) in [5.41, 5.74) is 0. The minimum atomic E-state index is 0.306. The van der Waals surface area contributed by atoms with Crippen molar-refractivity contribution in [2.24, 2.45) is 4.99 Å². The zero-order valence-corrected chi connectivity index (χ0v) is 18.4. The van der Waals surface area contributed by atoms with E-state index >= 15 is 0 Å². The highest BCUT2D eigenvalue weighted by molar-refractivity contribution is 5.80. The Balaban J connectivity index is 1.36. The second kappa shape index (κ2) is 12.0. The molecule has 6 heteroatoms. The van der Waals surface area contributed by atoms with Gasteiger partial charge in [-0.25, -0.2) is 0 Å². The van der Waals surface area contributed by atoms with Crippen molar-refractivity contribution in [1.82, 2.24) is 20.0 Å². The lowest BCUT2D eigenvalue weighted by Crippen LogP contribution is -2.47. The predicted molar refractivity (Wildman–Crippen MR) is 121 cm³/mol. The van der Waals surface area contributed by atoms with E-state index in [4.69, 9.17) is 9.73 Å². The smallest absolute Gasteiger partial charge is 0.193 e. The van der Waals surface area contributed by atoms with Crippen LogP contribution in [0.2, 0.25) is 0 Å². The van der Waals surface area contributed by atoms with Gasteiger partial charge in [0.05, 0.1) is 0 Å². The van der Waals surface area contributed by atoms with Crippen LogP contribution in [-0.2, 0) is 0 Å². The van der Waals surface area contributed by atoms with Gasteiger partial charge in [-0.15, -0.1) is 0 Å². The molecule has 0 saturated carbocycles. The van der Waals surface area contributed by atoms with E-state index in [0.717, 1.165) is 57.2 Å². The van der Waals surface area contributed by atoms with Gasteiger partial charge in [-0.2, -0.15) is 0 Å². The molecule has 162 valence electrons. The third-order valence-corrected chi connectivity index (χ3v) is 5.86. The Hall–Kier alpha value is -1.79. The molecule has 6 nitrogen and oxygen atoms in total. The van der Waals surface area contributed by atoms with E-state index in [1.54, 1.807) is 0 Å². The minimum Gasteiger partial charge on any atom is -0.490 e. The standard InChI is InChI=1S/C23H39N5O/c1-3-24-23(25-13-7-8-14-27-19-17-26(2)18-20-27)28-15-11-22(12-16-28)29-21-9-5-4-6-10-21/h4-6,9-10,22H,3,7-8,11-20H2,1-2H3,(H,24,25). The van der Waals surface area contributed by atoms with Gasteiger partial charge < -0.3 is 24.8 Å². The van der Waals surface area contributed by atoms with Crippen LogP contribution in [0.5, 0.6) is 5.75 Å². The molecule has 2 aliphatic rings. The quantitative estimate of drug-likeness (QED) is 0.412. The lowest BCUT2D eigenvalue weighted by atomic mass is 10.1. The van der Waals surface area contributed by atoms with Crippen LogP contribution in [0.3, 0.4) is 0 Å². The number of aliphatic imine (C=N–C) groups is 1. The van der Waals surface area contributed by atoms with E-state index in [9.17, 15) is 0 Å². The summed E-state index contributed by atoms with van der Waals surface area (Å²) in [6, 6.07) is 10.2. The van der Waals surface area contributed by atoms with E-state index in [2.05, 4.69) is 34.0 Å². The number of hydrogen-bond acceptors (Lipinski definition) is 4. The van der Waals surface area contributed by atoms with Crippen LogP contribution in [0.1, 0.15) is 32.6 Å². The summed E-state index contributed by atoms with van der Waals surface area (Å²) in [5.74, 6) is 2.05. The molecule has 0 aliphatic carbocycles. The van der Waals surface area contributed by atoms with E-state index < -0.39 is 0 Å². The van der Waals surface area contributed by atoms with Gasteiger partial charge in [0.15, 0.2) is 5.96 Å². The fraction of sp³-hybridized carbons (Fsp3) is 0.696. The summed E-state index contributed by atoms with van der Waals surface area (Å²) in [6.45, 7) is 12.0. The van der Waals surface area contributed by atoms with Gasteiger partial charge in [0.2, 0.25) is 0 Å². The summed E-state index contributed by atoms with van der Waals surface area (Å²) in [5, 5.41) is 3.48. The Labute approximate surface area is 176 Å². The molecular weight excluding hydrogens is 362 g/mol. The molecule has 0 atom stereocenters. The van der Waals surface area contributed by atoms with Crippen LogP contribution < -0.4 is 10.1 Å². The maximum Gasteiger partial charge on any atom is 0.193 e. The minimum absolute atomic E-state index is 0.306. The van der Waals surface area contributed by atoms with Crippen molar-refractivity contribution in [2.45, 2.75) is 38.7 Å². The van der Waals surface area contributed by atoms with Crippen LogP contribution in [-0.4, -0.2) is 92.7 Å². The molecule has 2 aliphatic heterocycles. The lowest BCUT2D eigenvalue weighted by Gasteiger charge is -2.34. The van der Waals surface area contributed by atoms with E-state index in [0.29, 0.717) is 6.10 Å². The van der Waals surface area contributed by atoms with Gasteiger partial charge >= 0.3 is 0 Å². The Morgan fingerprint density at radius 3 is 2.45 bits per heavy atom. The molecule has 0 aromatic heterocycles. The van der Waals surface area contributed by atoms with Gasteiger partial charge in [0.1, 0.15) is 11.9 Å². The number of likely N-dealkylation sites (N-methyl/N-ethyl adjacent to an activating group) is 1. The van der Waals surface area contributed by atoms with E-state index in [1.807, 2.05) is 30.3 Å². The molecule has 2 fully saturated rings. The zero-order valence-electron chi connectivity index (χ0n) is 18.4. The number of unbranched alkanes of at least 4 members (excludes halogenated alkanes) is 1. The SMILES string of the molecule is CCNC(=NCCCCN1CCN(C)CC1)N1CCC(Oc2ccccc2)CC1. The molecule has 29 heavy (non-hydrogen) atoms. The van der Waals surface area contributed by atoms with Crippen LogP contribution in [0.4, 0.5) is 0 Å². The van der Waals surface area contributed by atoms with E-state index in [1.165, 1.54) is 39.1 Å². The number of likely N-dealkylation sites (tertiary alicyclic amines) is 1. The summed E-state index contributed by atoms with van der Waals surface area (Å²) >= 11 is 0. The van der Waals surface area contributed by atoms with Gasteiger partial charge in [-0.3, -0.25) is 4.99 Å². The average Bonchev–Trinajstić information content (AvgIpc) is 2.75. The first-order chi connectivity index (χ1) is 14.2. The van der Waals surface area contributed by atoms with Gasteiger partial charge in [-0.1, -0.05) is 18.2 Å². The second-order valence-electron chi connectivity index (χ2n) is 8.20. The second-order valence-corrected chi connectivity index (χ2v) is 8.20. The van der Waals surface area contributed by atoms with Crippen molar-refractivity contribution >= 4 is 5.96 Å². The molecular formula is C23H39N5O. The van der Waals surface area contributed by atoms with Crippen LogP contribution >= 0.6 is 0 Å². The Morgan fingerprint density at radius 2 is 1.76 bits per heavy atom. The van der Waals surface area contributed by atoms with Gasteiger partial charge in [0, 0.05) is 65.2 Å². The predicted octanol–water partition coefficient (Wildman–Crippen LogP) is 2.52. The first-order valence-corrected chi connectivity index (χ1v) is 11.4. The third-order valence-electron chi connectivity index (χ3n) is 5.86. The van der Waals surface area contributed by atoms with Crippen LogP contribution in [0.15, 0.2) is 35.3 Å². The Bertz CT molecular complexity index is 593. The Kier molecular flexibility index (Phi) is 9.09. The summed E-state index contributed by atoms with van der Waals surface area (Å²) < 4.78 is 6.13. The van der Waals surface area contributed by atoms with Crippen LogP contribution in [0, 0.1) is 0 Å². The largest absolute Gasteiger partial charge is 0.490 e. The number of benzene rings is 1. The number of ether oxygens (including phenoxy) is 1. The summed E-state index contributed by atoms with van der Waals surface area (Å²) in [4.78, 5) is 12.3. The molecule has 2 saturated heterocycles. The highest BCUT2D eigenvalue weighted by Crippen LogP contribution is 2.18. The number of para-hydroxylation sites is 1. The molecule has 0 amide bonds.